The molecule has 0 saturated heterocycles. The van der Waals surface area contributed by atoms with E-state index in [1.807, 2.05) is 19.9 Å². The van der Waals surface area contributed by atoms with Crippen molar-refractivity contribution in [3.05, 3.63) is 83.7 Å². The summed E-state index contributed by atoms with van der Waals surface area (Å²) in [5.41, 5.74) is 4.79. The van der Waals surface area contributed by atoms with Gasteiger partial charge in [-0.05, 0) is 44.4 Å². The van der Waals surface area contributed by atoms with Crippen molar-refractivity contribution in [3.8, 4) is 0 Å². The fraction of sp³-hybridized carbons (Fsp3) is 0.263. The van der Waals surface area contributed by atoms with Crippen molar-refractivity contribution in [2.24, 2.45) is 0 Å². The molecule has 0 fully saturated rings. The van der Waals surface area contributed by atoms with Gasteiger partial charge in [0.15, 0.2) is 0 Å². The van der Waals surface area contributed by atoms with Crippen LogP contribution in [-0.4, -0.2) is 6.54 Å². The lowest BCUT2D eigenvalue weighted by atomic mass is 10.1. The summed E-state index contributed by atoms with van der Waals surface area (Å²) in [6.07, 6.45) is 19.8. The first kappa shape index (κ1) is 16.0. The van der Waals surface area contributed by atoms with Crippen molar-refractivity contribution in [2.45, 2.75) is 27.2 Å². The highest BCUT2D eigenvalue weighted by Crippen LogP contribution is 2.20. The molecule has 1 aliphatic rings. The average molecular weight is 267 g/mol. The Bertz CT molecular complexity index is 508. The van der Waals surface area contributed by atoms with E-state index in [4.69, 9.17) is 0 Å². The lowest BCUT2D eigenvalue weighted by Crippen LogP contribution is -2.14. The van der Waals surface area contributed by atoms with Crippen molar-refractivity contribution < 1.29 is 0 Å². The third kappa shape index (κ3) is 5.75. The van der Waals surface area contributed by atoms with Gasteiger partial charge in [0, 0.05) is 12.2 Å². The minimum absolute atomic E-state index is 0.822. The Morgan fingerprint density at radius 3 is 2.85 bits per heavy atom. The molecule has 1 heteroatoms. The summed E-state index contributed by atoms with van der Waals surface area (Å²) in [6, 6.07) is 0. The molecule has 1 rings (SSSR count). The summed E-state index contributed by atoms with van der Waals surface area (Å²) in [5, 5.41) is 3.43. The fourth-order valence-electron chi connectivity index (χ4n) is 1.96. The molecule has 1 aliphatic carbocycles. The van der Waals surface area contributed by atoms with Crippen LogP contribution >= 0.6 is 0 Å². The highest BCUT2D eigenvalue weighted by atomic mass is 14.9. The standard InChI is InChI=1S/C19H25N/c1-5-7-10-18-11-8-12-19(17(4)15-18)20-14-13-16(3)9-6-2/h5-13,20H,4,14-15H2,1-3H3/b7-5-,9-6-,16-13-,18-10-. The van der Waals surface area contributed by atoms with E-state index in [1.54, 1.807) is 0 Å². The van der Waals surface area contributed by atoms with Crippen molar-refractivity contribution >= 4 is 0 Å². The molecular formula is C19H25N. The van der Waals surface area contributed by atoms with Crippen LogP contribution in [-0.2, 0) is 0 Å². The van der Waals surface area contributed by atoms with Gasteiger partial charge in [0.25, 0.3) is 0 Å². The third-order valence-electron chi connectivity index (χ3n) is 3.02. The normalized spacial score (nSPS) is 18.9. The molecule has 0 amide bonds. The molecule has 0 aromatic carbocycles. The SMILES string of the molecule is C=C1C/C(=C\C=C/C)C=CC=C1NC/C=C(C)\C=C/C. The van der Waals surface area contributed by atoms with E-state index in [2.05, 4.69) is 67.4 Å². The Morgan fingerprint density at radius 1 is 1.35 bits per heavy atom. The molecule has 0 aliphatic heterocycles. The van der Waals surface area contributed by atoms with E-state index in [9.17, 15) is 0 Å². The Kier molecular flexibility index (Phi) is 7.20. The van der Waals surface area contributed by atoms with Crippen LogP contribution in [0.2, 0.25) is 0 Å². The molecule has 1 nitrogen and oxygen atoms in total. The van der Waals surface area contributed by atoms with Gasteiger partial charge in [0.1, 0.15) is 0 Å². The molecule has 0 heterocycles. The van der Waals surface area contributed by atoms with Crippen molar-refractivity contribution in [1.82, 2.24) is 5.32 Å². The zero-order chi connectivity index (χ0) is 14.8. The maximum absolute atomic E-state index is 4.18. The van der Waals surface area contributed by atoms with Crippen LogP contribution in [0.3, 0.4) is 0 Å². The molecule has 0 saturated carbocycles. The average Bonchev–Trinajstić information content (AvgIpc) is 2.59. The van der Waals surface area contributed by atoms with E-state index >= 15 is 0 Å². The molecule has 0 unspecified atom stereocenters. The van der Waals surface area contributed by atoms with Gasteiger partial charge < -0.3 is 5.32 Å². The van der Waals surface area contributed by atoms with E-state index in [-0.39, 0.29) is 0 Å². The van der Waals surface area contributed by atoms with Gasteiger partial charge in [-0.15, -0.1) is 0 Å². The molecule has 0 spiro atoms. The van der Waals surface area contributed by atoms with Crippen molar-refractivity contribution in [2.75, 3.05) is 6.54 Å². The van der Waals surface area contributed by atoms with Crippen LogP contribution in [0.1, 0.15) is 27.2 Å². The monoisotopic (exact) mass is 267 g/mol. The maximum Gasteiger partial charge on any atom is 0.0372 e. The molecule has 106 valence electrons. The summed E-state index contributed by atoms with van der Waals surface area (Å²) >= 11 is 0. The van der Waals surface area contributed by atoms with Crippen LogP contribution in [0, 0.1) is 0 Å². The number of nitrogens with one attached hydrogen (secondary N) is 1. The molecule has 0 aromatic heterocycles. The summed E-state index contributed by atoms with van der Waals surface area (Å²) in [7, 11) is 0. The lowest BCUT2D eigenvalue weighted by Gasteiger charge is -2.11. The first-order valence-electron chi connectivity index (χ1n) is 7.09. The summed E-state index contributed by atoms with van der Waals surface area (Å²) < 4.78 is 0. The molecule has 1 N–H and O–H groups in total. The summed E-state index contributed by atoms with van der Waals surface area (Å²) in [5.74, 6) is 0. The van der Waals surface area contributed by atoms with Crippen molar-refractivity contribution in [1.29, 1.82) is 0 Å². The molecule has 0 aromatic rings. The number of hydrogen-bond donors (Lipinski definition) is 1. The zero-order valence-corrected chi connectivity index (χ0v) is 12.8. The van der Waals surface area contributed by atoms with Crippen LogP contribution in [0.15, 0.2) is 83.7 Å². The predicted molar refractivity (Wildman–Crippen MR) is 90.5 cm³/mol. The topological polar surface area (TPSA) is 12.0 Å². The molecule has 0 atom stereocenters. The smallest absolute Gasteiger partial charge is 0.0372 e. The zero-order valence-electron chi connectivity index (χ0n) is 12.8. The summed E-state index contributed by atoms with van der Waals surface area (Å²) in [6.45, 7) is 11.2. The molecular weight excluding hydrogens is 242 g/mol. The van der Waals surface area contributed by atoms with E-state index in [1.165, 1.54) is 11.1 Å². The van der Waals surface area contributed by atoms with Crippen LogP contribution in [0.5, 0.6) is 0 Å². The number of allylic oxidation sites excluding steroid dienone is 11. The van der Waals surface area contributed by atoms with E-state index in [0.717, 1.165) is 24.2 Å². The highest BCUT2D eigenvalue weighted by molar-refractivity contribution is 5.42. The van der Waals surface area contributed by atoms with Gasteiger partial charge in [0.2, 0.25) is 0 Å². The predicted octanol–water partition coefficient (Wildman–Crippen LogP) is 5.00. The van der Waals surface area contributed by atoms with Gasteiger partial charge in [-0.2, -0.15) is 0 Å². The van der Waals surface area contributed by atoms with Gasteiger partial charge in [-0.3, -0.25) is 0 Å². The largest absolute Gasteiger partial charge is 0.381 e. The van der Waals surface area contributed by atoms with Crippen LogP contribution in [0.25, 0.3) is 0 Å². The Balaban J connectivity index is 2.62. The van der Waals surface area contributed by atoms with Gasteiger partial charge in [-0.25, -0.2) is 0 Å². The lowest BCUT2D eigenvalue weighted by molar-refractivity contribution is 0.898. The third-order valence-corrected chi connectivity index (χ3v) is 3.02. The van der Waals surface area contributed by atoms with Crippen molar-refractivity contribution in [3.63, 3.8) is 0 Å². The van der Waals surface area contributed by atoms with Crippen LogP contribution in [0.4, 0.5) is 0 Å². The first-order valence-corrected chi connectivity index (χ1v) is 7.09. The summed E-state index contributed by atoms with van der Waals surface area (Å²) in [4.78, 5) is 0. The number of hydrogen-bond acceptors (Lipinski definition) is 1. The second-order valence-corrected chi connectivity index (χ2v) is 4.82. The Morgan fingerprint density at radius 2 is 2.15 bits per heavy atom. The van der Waals surface area contributed by atoms with Gasteiger partial charge in [-0.1, -0.05) is 60.8 Å². The Labute approximate surface area is 123 Å². The van der Waals surface area contributed by atoms with Gasteiger partial charge in [0.05, 0.1) is 0 Å². The number of rotatable bonds is 5. The second kappa shape index (κ2) is 8.98. The van der Waals surface area contributed by atoms with E-state index in [0.29, 0.717) is 0 Å². The second-order valence-electron chi connectivity index (χ2n) is 4.82. The molecule has 0 bridgehead atoms. The fourth-order valence-corrected chi connectivity index (χ4v) is 1.96. The minimum Gasteiger partial charge on any atom is -0.381 e. The maximum atomic E-state index is 4.18. The first-order chi connectivity index (χ1) is 9.67. The van der Waals surface area contributed by atoms with E-state index < -0.39 is 0 Å². The quantitative estimate of drug-likeness (QED) is 0.691. The Hall–Kier alpha value is -2.02. The van der Waals surface area contributed by atoms with Crippen LogP contribution < -0.4 is 5.32 Å². The highest BCUT2D eigenvalue weighted by Gasteiger charge is 2.05. The molecule has 0 radical (unpaired) electrons. The minimum atomic E-state index is 0.822. The van der Waals surface area contributed by atoms with Gasteiger partial charge >= 0.3 is 0 Å². The molecule has 20 heavy (non-hydrogen) atoms.